The van der Waals surface area contributed by atoms with Crippen LogP contribution in [0.2, 0.25) is 5.02 Å². The topological polar surface area (TPSA) is 90.0 Å². The van der Waals surface area contributed by atoms with E-state index in [2.05, 4.69) is 4.74 Å². The quantitative estimate of drug-likeness (QED) is 0.717. The van der Waals surface area contributed by atoms with E-state index >= 15 is 0 Å². The first-order chi connectivity index (χ1) is 11.2. The van der Waals surface area contributed by atoms with E-state index in [1.165, 1.54) is 37.3 Å². The van der Waals surface area contributed by atoms with Crippen molar-refractivity contribution in [2.75, 3.05) is 32.3 Å². The molecule has 132 valence electrons. The fraction of sp³-hybridized carbons (Fsp3) is 0.467. The van der Waals surface area contributed by atoms with Gasteiger partial charge in [-0.2, -0.15) is 0 Å². The number of halogens is 1. The standard InChI is InChI=1S/C15H18ClNO6S/c1-17(11-5-6-24(20,21)9-11)14(18)8-23-13-7-10(16)3-4-12(13)15(19)22-2/h3-4,7,11H,5-6,8-9H2,1-2H3/t11-/m0/s1. The fourth-order valence-electron chi connectivity index (χ4n) is 2.42. The molecule has 24 heavy (non-hydrogen) atoms. The van der Waals surface area contributed by atoms with Gasteiger partial charge >= 0.3 is 5.97 Å². The molecule has 0 saturated carbocycles. The number of sulfone groups is 1. The first kappa shape index (κ1) is 18.5. The lowest BCUT2D eigenvalue weighted by Gasteiger charge is -2.23. The number of hydrogen-bond acceptors (Lipinski definition) is 6. The molecule has 1 saturated heterocycles. The van der Waals surface area contributed by atoms with Crippen LogP contribution in [0, 0.1) is 0 Å². The molecule has 0 aliphatic carbocycles. The van der Waals surface area contributed by atoms with Gasteiger partial charge in [-0.15, -0.1) is 0 Å². The van der Waals surface area contributed by atoms with Gasteiger partial charge in [-0.3, -0.25) is 4.79 Å². The second-order valence-corrected chi connectivity index (χ2v) is 8.15. The van der Waals surface area contributed by atoms with Crippen LogP contribution in [-0.4, -0.2) is 63.5 Å². The zero-order valence-corrected chi connectivity index (χ0v) is 14.9. The lowest BCUT2D eigenvalue weighted by molar-refractivity contribution is -0.133. The molecule has 7 nitrogen and oxygen atoms in total. The lowest BCUT2D eigenvalue weighted by atomic mass is 10.2. The number of ether oxygens (including phenoxy) is 2. The van der Waals surface area contributed by atoms with Crippen LogP contribution in [0.3, 0.4) is 0 Å². The predicted molar refractivity (Wildman–Crippen MR) is 88.1 cm³/mol. The van der Waals surface area contributed by atoms with Crippen molar-refractivity contribution >= 4 is 33.3 Å². The minimum atomic E-state index is -3.08. The Balaban J connectivity index is 2.04. The number of hydrogen-bond donors (Lipinski definition) is 0. The van der Waals surface area contributed by atoms with Crippen LogP contribution in [0.1, 0.15) is 16.8 Å². The zero-order valence-electron chi connectivity index (χ0n) is 13.3. The van der Waals surface area contributed by atoms with Crippen molar-refractivity contribution in [3.05, 3.63) is 28.8 Å². The monoisotopic (exact) mass is 375 g/mol. The highest BCUT2D eigenvalue weighted by Crippen LogP contribution is 2.24. The number of methoxy groups -OCH3 is 1. The third-order valence-electron chi connectivity index (χ3n) is 3.85. The average Bonchev–Trinajstić information content (AvgIpc) is 2.91. The molecule has 1 aromatic carbocycles. The average molecular weight is 376 g/mol. The number of amides is 1. The van der Waals surface area contributed by atoms with E-state index in [0.717, 1.165) is 0 Å². The summed E-state index contributed by atoms with van der Waals surface area (Å²) in [6, 6.07) is 4.02. The maximum Gasteiger partial charge on any atom is 0.341 e. The summed E-state index contributed by atoms with van der Waals surface area (Å²) in [5, 5.41) is 0.348. The number of carbonyl (C=O) groups excluding carboxylic acids is 2. The summed E-state index contributed by atoms with van der Waals surface area (Å²) >= 11 is 5.88. The molecular weight excluding hydrogens is 358 g/mol. The highest BCUT2D eigenvalue weighted by molar-refractivity contribution is 7.91. The van der Waals surface area contributed by atoms with Crippen molar-refractivity contribution in [3.8, 4) is 5.75 Å². The van der Waals surface area contributed by atoms with E-state index in [4.69, 9.17) is 16.3 Å². The molecule has 1 heterocycles. The molecule has 9 heteroatoms. The molecule has 1 aromatic rings. The highest BCUT2D eigenvalue weighted by atomic mass is 35.5. The number of rotatable bonds is 5. The van der Waals surface area contributed by atoms with E-state index < -0.39 is 15.8 Å². The molecule has 0 N–H and O–H groups in total. The summed E-state index contributed by atoms with van der Waals surface area (Å²) in [5.74, 6) is -0.816. The number of benzene rings is 1. The van der Waals surface area contributed by atoms with Crippen LogP contribution in [0.5, 0.6) is 5.75 Å². The van der Waals surface area contributed by atoms with Gasteiger partial charge in [0.1, 0.15) is 11.3 Å². The van der Waals surface area contributed by atoms with E-state index in [-0.39, 0.29) is 41.4 Å². The van der Waals surface area contributed by atoms with Gasteiger partial charge in [0.25, 0.3) is 5.91 Å². The Morgan fingerprint density at radius 3 is 2.67 bits per heavy atom. The summed E-state index contributed by atoms with van der Waals surface area (Å²) in [7, 11) is -0.307. The van der Waals surface area contributed by atoms with Crippen LogP contribution in [0.4, 0.5) is 0 Å². The Morgan fingerprint density at radius 1 is 1.38 bits per heavy atom. The second kappa shape index (κ2) is 7.40. The lowest BCUT2D eigenvalue weighted by Crippen LogP contribution is -2.40. The van der Waals surface area contributed by atoms with Gasteiger partial charge < -0.3 is 14.4 Å². The molecule has 0 radical (unpaired) electrons. The third kappa shape index (κ3) is 4.39. The van der Waals surface area contributed by atoms with Crippen LogP contribution < -0.4 is 4.74 Å². The van der Waals surface area contributed by atoms with Crippen LogP contribution >= 0.6 is 11.6 Å². The maximum absolute atomic E-state index is 12.2. The van der Waals surface area contributed by atoms with E-state index in [9.17, 15) is 18.0 Å². The van der Waals surface area contributed by atoms with Gasteiger partial charge in [-0.05, 0) is 24.6 Å². The van der Waals surface area contributed by atoms with Gasteiger partial charge in [0.15, 0.2) is 16.4 Å². The van der Waals surface area contributed by atoms with Crippen molar-refractivity contribution in [2.45, 2.75) is 12.5 Å². The summed E-state index contributed by atoms with van der Waals surface area (Å²) < 4.78 is 33.1. The summed E-state index contributed by atoms with van der Waals surface area (Å²) in [6.07, 6.45) is 0.412. The Labute approximate surface area is 145 Å². The largest absolute Gasteiger partial charge is 0.483 e. The molecule has 1 fully saturated rings. The Kier molecular flexibility index (Phi) is 5.71. The smallest absolute Gasteiger partial charge is 0.341 e. The highest BCUT2D eigenvalue weighted by Gasteiger charge is 2.32. The van der Waals surface area contributed by atoms with Crippen molar-refractivity contribution in [1.82, 2.24) is 4.90 Å². The normalized spacial score (nSPS) is 18.9. The molecule has 0 aromatic heterocycles. The molecule has 2 rings (SSSR count). The molecular formula is C15H18ClNO6S. The van der Waals surface area contributed by atoms with Crippen molar-refractivity contribution in [1.29, 1.82) is 0 Å². The molecule has 1 amide bonds. The number of carbonyl (C=O) groups is 2. The van der Waals surface area contributed by atoms with Crippen molar-refractivity contribution < 1.29 is 27.5 Å². The van der Waals surface area contributed by atoms with Crippen LogP contribution in [0.25, 0.3) is 0 Å². The Hall–Kier alpha value is -1.80. The summed E-state index contributed by atoms with van der Waals surface area (Å²) in [4.78, 5) is 25.3. The molecule has 1 aliphatic rings. The number of esters is 1. The summed E-state index contributed by atoms with van der Waals surface area (Å²) in [5.41, 5.74) is 0.154. The molecule has 0 bridgehead atoms. The van der Waals surface area contributed by atoms with Gasteiger partial charge in [-0.25, -0.2) is 13.2 Å². The van der Waals surface area contributed by atoms with E-state index in [0.29, 0.717) is 11.4 Å². The molecule has 0 spiro atoms. The minimum Gasteiger partial charge on any atom is -0.483 e. The van der Waals surface area contributed by atoms with Gasteiger partial charge in [0, 0.05) is 18.1 Å². The SMILES string of the molecule is COC(=O)c1ccc(Cl)cc1OCC(=O)N(C)[C@H]1CCS(=O)(=O)C1. The third-order valence-corrected chi connectivity index (χ3v) is 5.84. The molecule has 1 aliphatic heterocycles. The van der Waals surface area contributed by atoms with E-state index in [1.807, 2.05) is 0 Å². The van der Waals surface area contributed by atoms with Gasteiger partial charge in [0.05, 0.1) is 18.6 Å². The van der Waals surface area contributed by atoms with Crippen LogP contribution in [-0.2, 0) is 19.4 Å². The van der Waals surface area contributed by atoms with Gasteiger partial charge in [0.2, 0.25) is 0 Å². The first-order valence-corrected chi connectivity index (χ1v) is 9.40. The number of likely N-dealkylation sites (N-methyl/N-ethyl adjacent to an activating group) is 1. The fourth-order valence-corrected chi connectivity index (χ4v) is 4.36. The zero-order chi connectivity index (χ0) is 17.9. The van der Waals surface area contributed by atoms with Crippen molar-refractivity contribution in [3.63, 3.8) is 0 Å². The maximum atomic E-state index is 12.2. The summed E-state index contributed by atoms with van der Waals surface area (Å²) in [6.45, 7) is -0.336. The second-order valence-electron chi connectivity index (χ2n) is 5.48. The van der Waals surface area contributed by atoms with Crippen molar-refractivity contribution in [2.24, 2.45) is 0 Å². The number of nitrogens with zero attached hydrogens (tertiary/aromatic N) is 1. The Bertz CT molecular complexity index is 748. The first-order valence-electron chi connectivity index (χ1n) is 7.20. The predicted octanol–water partition coefficient (Wildman–Crippen LogP) is 1.15. The molecule has 0 unspecified atom stereocenters. The minimum absolute atomic E-state index is 0.0418. The van der Waals surface area contributed by atoms with Gasteiger partial charge in [-0.1, -0.05) is 11.6 Å². The Morgan fingerprint density at radius 2 is 2.08 bits per heavy atom. The van der Waals surface area contributed by atoms with E-state index in [1.54, 1.807) is 0 Å². The van der Waals surface area contributed by atoms with Crippen LogP contribution in [0.15, 0.2) is 18.2 Å². The molecule has 1 atom stereocenters.